The molecule has 8 heteroatoms. The summed E-state index contributed by atoms with van der Waals surface area (Å²) < 4.78 is 44.0. The molecule has 0 amide bonds. The summed E-state index contributed by atoms with van der Waals surface area (Å²) in [4.78, 5) is 3.93. The van der Waals surface area contributed by atoms with Gasteiger partial charge in [0.2, 0.25) is 0 Å². The number of hydrogen-bond acceptors (Lipinski definition) is 4. The molecule has 1 aromatic heterocycles. The third-order valence-corrected chi connectivity index (χ3v) is 3.60. The second kappa shape index (κ2) is 7.38. The van der Waals surface area contributed by atoms with Crippen LogP contribution < -0.4 is 4.74 Å². The molecule has 0 aliphatic heterocycles. The zero-order valence-electron chi connectivity index (χ0n) is 13.8. The van der Waals surface area contributed by atoms with E-state index in [1.165, 1.54) is 6.07 Å². The lowest BCUT2D eigenvalue weighted by molar-refractivity contribution is -0.137. The number of aromatic amines is 1. The van der Waals surface area contributed by atoms with Gasteiger partial charge in [-0.25, -0.2) is 0 Å². The minimum Gasteiger partial charge on any atom is -0.489 e. The predicted molar refractivity (Wildman–Crippen MR) is 91.1 cm³/mol. The Morgan fingerprint density at radius 2 is 1.96 bits per heavy atom. The van der Waals surface area contributed by atoms with E-state index in [0.717, 1.165) is 17.7 Å². The first kappa shape index (κ1) is 17.7. The van der Waals surface area contributed by atoms with Gasteiger partial charge in [0.05, 0.1) is 5.56 Å². The minimum atomic E-state index is -4.37. The van der Waals surface area contributed by atoms with Gasteiger partial charge in [-0.1, -0.05) is 29.5 Å². The second-order valence-corrected chi connectivity index (χ2v) is 5.48. The van der Waals surface area contributed by atoms with Crippen LogP contribution in [0.1, 0.15) is 16.8 Å². The first-order chi connectivity index (χ1) is 12.5. The average molecular weight is 360 g/mol. The van der Waals surface area contributed by atoms with Crippen molar-refractivity contribution in [3.63, 3.8) is 0 Å². The number of alkyl halides is 3. The molecule has 0 bridgehead atoms. The van der Waals surface area contributed by atoms with Gasteiger partial charge >= 0.3 is 6.18 Å². The van der Waals surface area contributed by atoms with Crippen molar-refractivity contribution < 1.29 is 17.9 Å². The van der Waals surface area contributed by atoms with Crippen LogP contribution in [0, 0.1) is 0 Å². The predicted octanol–water partition coefficient (Wildman–Crippen LogP) is 4.12. The standard InChI is InChI=1S/C18H15F3N4O/c1-22-10-16-17(24-25-23-16)13-5-3-7-15(9-13)26-11-12-4-2-6-14(8-12)18(19,20)21/h2-10H,11H2,1H3,(H,23,24,25)/b22-10+. The summed E-state index contributed by atoms with van der Waals surface area (Å²) >= 11 is 0. The van der Waals surface area contributed by atoms with E-state index in [9.17, 15) is 13.2 Å². The van der Waals surface area contributed by atoms with Gasteiger partial charge in [0.1, 0.15) is 23.7 Å². The fourth-order valence-electron chi connectivity index (χ4n) is 2.41. The van der Waals surface area contributed by atoms with Gasteiger partial charge in [-0.2, -0.15) is 13.2 Å². The van der Waals surface area contributed by atoms with Crippen molar-refractivity contribution in [2.24, 2.45) is 4.99 Å². The largest absolute Gasteiger partial charge is 0.489 e. The molecular formula is C18H15F3N4O. The molecule has 0 spiro atoms. The lowest BCUT2D eigenvalue weighted by Crippen LogP contribution is -2.06. The highest BCUT2D eigenvalue weighted by Crippen LogP contribution is 2.30. The van der Waals surface area contributed by atoms with Gasteiger partial charge in [0, 0.05) is 18.8 Å². The van der Waals surface area contributed by atoms with Crippen LogP contribution in [0.4, 0.5) is 13.2 Å². The molecule has 0 aliphatic rings. The molecule has 26 heavy (non-hydrogen) atoms. The number of nitrogens with zero attached hydrogens (tertiary/aromatic N) is 3. The van der Waals surface area contributed by atoms with E-state index in [4.69, 9.17) is 4.74 Å². The van der Waals surface area contributed by atoms with Crippen molar-refractivity contribution in [3.05, 3.63) is 65.4 Å². The smallest absolute Gasteiger partial charge is 0.416 e. The molecule has 134 valence electrons. The van der Waals surface area contributed by atoms with Crippen LogP contribution in [-0.4, -0.2) is 28.7 Å². The average Bonchev–Trinajstić information content (AvgIpc) is 3.08. The van der Waals surface area contributed by atoms with Crippen molar-refractivity contribution in [3.8, 4) is 17.0 Å². The fraction of sp³-hybridized carbons (Fsp3) is 0.167. The Morgan fingerprint density at radius 3 is 2.73 bits per heavy atom. The molecule has 0 aliphatic carbocycles. The van der Waals surface area contributed by atoms with Crippen LogP contribution >= 0.6 is 0 Å². The Kier molecular flexibility index (Phi) is 5.01. The number of nitrogens with one attached hydrogen (secondary N) is 1. The summed E-state index contributed by atoms with van der Waals surface area (Å²) in [7, 11) is 1.64. The number of rotatable bonds is 5. The first-order valence-corrected chi connectivity index (χ1v) is 7.70. The molecule has 0 saturated carbocycles. The highest BCUT2D eigenvalue weighted by Gasteiger charge is 2.30. The van der Waals surface area contributed by atoms with Crippen LogP contribution in [0.5, 0.6) is 5.75 Å². The van der Waals surface area contributed by atoms with Gasteiger partial charge in [-0.15, -0.1) is 5.10 Å². The van der Waals surface area contributed by atoms with Crippen molar-refractivity contribution >= 4 is 6.21 Å². The second-order valence-electron chi connectivity index (χ2n) is 5.48. The van der Waals surface area contributed by atoms with E-state index in [2.05, 4.69) is 20.4 Å². The van der Waals surface area contributed by atoms with Crippen molar-refractivity contribution in [1.82, 2.24) is 15.4 Å². The number of H-pyrrole nitrogens is 1. The van der Waals surface area contributed by atoms with Crippen LogP contribution in [0.2, 0.25) is 0 Å². The molecule has 2 aromatic carbocycles. The third kappa shape index (κ3) is 4.08. The molecule has 0 atom stereocenters. The molecule has 3 aromatic rings. The summed E-state index contributed by atoms with van der Waals surface area (Å²) in [5.41, 5.74) is 1.77. The Bertz CT molecular complexity index is 919. The van der Waals surface area contributed by atoms with Crippen molar-refractivity contribution in [2.45, 2.75) is 12.8 Å². The summed E-state index contributed by atoms with van der Waals surface area (Å²) in [6.45, 7) is 0.0233. The van der Waals surface area contributed by atoms with Gasteiger partial charge in [0.25, 0.3) is 0 Å². The lowest BCUT2D eigenvalue weighted by Gasteiger charge is -2.10. The number of halogens is 3. The van der Waals surface area contributed by atoms with Crippen LogP contribution in [0.3, 0.4) is 0 Å². The molecule has 0 fully saturated rings. The van der Waals surface area contributed by atoms with E-state index >= 15 is 0 Å². The molecule has 1 N–H and O–H groups in total. The van der Waals surface area contributed by atoms with Gasteiger partial charge in [-0.05, 0) is 29.8 Å². The summed E-state index contributed by atoms with van der Waals surface area (Å²) in [6, 6.07) is 12.2. The van der Waals surface area contributed by atoms with Crippen LogP contribution in [-0.2, 0) is 12.8 Å². The maximum absolute atomic E-state index is 12.8. The third-order valence-electron chi connectivity index (χ3n) is 3.60. The monoisotopic (exact) mass is 360 g/mol. The quantitative estimate of drug-likeness (QED) is 0.696. The summed E-state index contributed by atoms with van der Waals surface area (Å²) in [5, 5.41) is 10.5. The van der Waals surface area contributed by atoms with Crippen LogP contribution in [0.25, 0.3) is 11.3 Å². The number of aliphatic imine (C=N–C) groups is 1. The maximum Gasteiger partial charge on any atom is 0.416 e. The highest BCUT2D eigenvalue weighted by atomic mass is 19.4. The van der Waals surface area contributed by atoms with E-state index < -0.39 is 11.7 Å². The fourth-order valence-corrected chi connectivity index (χ4v) is 2.41. The van der Waals surface area contributed by atoms with Gasteiger partial charge in [-0.3, -0.25) is 10.1 Å². The number of ether oxygens (including phenoxy) is 1. The Balaban J connectivity index is 1.77. The minimum absolute atomic E-state index is 0.0233. The normalized spacial score (nSPS) is 11.8. The Hall–Kier alpha value is -3.16. The summed E-state index contributed by atoms with van der Waals surface area (Å²) in [5.74, 6) is 0.516. The molecule has 1 heterocycles. The van der Waals surface area contributed by atoms with Crippen molar-refractivity contribution in [2.75, 3.05) is 7.05 Å². The van der Waals surface area contributed by atoms with Gasteiger partial charge < -0.3 is 4.74 Å². The molecule has 5 nitrogen and oxygen atoms in total. The summed E-state index contributed by atoms with van der Waals surface area (Å²) in [6.07, 6.45) is -2.77. The van der Waals surface area contributed by atoms with E-state index in [0.29, 0.717) is 22.7 Å². The Morgan fingerprint density at radius 1 is 1.15 bits per heavy atom. The zero-order valence-corrected chi connectivity index (χ0v) is 13.8. The van der Waals surface area contributed by atoms with E-state index in [1.807, 2.05) is 6.07 Å². The number of aromatic nitrogens is 3. The molecule has 0 radical (unpaired) electrons. The first-order valence-electron chi connectivity index (χ1n) is 7.70. The zero-order chi connectivity index (χ0) is 18.6. The molecule has 0 unspecified atom stereocenters. The van der Waals surface area contributed by atoms with Gasteiger partial charge in [0.15, 0.2) is 0 Å². The topological polar surface area (TPSA) is 63.2 Å². The van der Waals surface area contributed by atoms with E-state index in [-0.39, 0.29) is 6.61 Å². The van der Waals surface area contributed by atoms with Crippen molar-refractivity contribution in [1.29, 1.82) is 0 Å². The highest BCUT2D eigenvalue weighted by molar-refractivity contribution is 5.86. The molecule has 3 rings (SSSR count). The number of hydrogen-bond donors (Lipinski definition) is 1. The molecular weight excluding hydrogens is 345 g/mol. The maximum atomic E-state index is 12.8. The van der Waals surface area contributed by atoms with Crippen LogP contribution in [0.15, 0.2) is 53.5 Å². The SMILES string of the molecule is C/N=C/c1[nH]nnc1-c1cccc(OCc2cccc(C(F)(F)F)c2)c1. The molecule has 0 saturated heterocycles. The lowest BCUT2D eigenvalue weighted by atomic mass is 10.1. The number of benzene rings is 2. The van der Waals surface area contributed by atoms with E-state index in [1.54, 1.807) is 37.5 Å². The Labute approximate surface area is 147 Å².